The molecule has 33 heavy (non-hydrogen) atoms. The van der Waals surface area contributed by atoms with Crippen LogP contribution in [0.25, 0.3) is 21.9 Å². The summed E-state index contributed by atoms with van der Waals surface area (Å²) in [7, 11) is -1.99. The van der Waals surface area contributed by atoms with Crippen LogP contribution in [0.1, 0.15) is 13.3 Å². The Labute approximate surface area is 196 Å². The number of benzene rings is 4. The molecule has 0 spiro atoms. The summed E-state index contributed by atoms with van der Waals surface area (Å²) in [4.78, 5) is 0. The quantitative estimate of drug-likeness (QED) is 0.229. The average Bonchev–Trinajstić information content (AvgIpc) is 3.02. The van der Waals surface area contributed by atoms with Crippen LogP contribution in [0.5, 0.6) is 0 Å². The van der Waals surface area contributed by atoms with Crippen LogP contribution in [0.2, 0.25) is 0 Å². The van der Waals surface area contributed by atoms with Crippen molar-refractivity contribution in [1.29, 1.82) is 0 Å². The number of fused-ring (bicyclic) bond motifs is 3. The Bertz CT molecular complexity index is 1270. The Morgan fingerprint density at radius 2 is 1.12 bits per heavy atom. The summed E-state index contributed by atoms with van der Waals surface area (Å²) in [5.41, 5.74) is 1.60. The summed E-state index contributed by atoms with van der Waals surface area (Å²) >= 11 is 0. The Kier molecular flexibility index (Phi) is 6.93. The van der Waals surface area contributed by atoms with Crippen molar-refractivity contribution in [3.63, 3.8) is 0 Å². The molecule has 1 atom stereocenters. The molecule has 0 saturated heterocycles. The van der Waals surface area contributed by atoms with Crippen LogP contribution in [0.3, 0.4) is 0 Å². The van der Waals surface area contributed by atoms with Gasteiger partial charge in [0.05, 0.1) is 6.10 Å². The lowest BCUT2D eigenvalue weighted by molar-refractivity contribution is 0.274. The van der Waals surface area contributed by atoms with Gasteiger partial charge in [-0.1, -0.05) is 97.1 Å². The van der Waals surface area contributed by atoms with Gasteiger partial charge in [0.1, 0.15) is 11.2 Å². The molecule has 0 aliphatic carbocycles. The molecule has 5 rings (SSSR count). The molecule has 0 saturated carbocycles. The van der Waals surface area contributed by atoms with E-state index in [2.05, 4.69) is 79.7 Å². The molecule has 0 N–H and O–H groups in total. The van der Waals surface area contributed by atoms with Crippen molar-refractivity contribution in [3.8, 4) is 0 Å². The average molecular weight is 472 g/mol. The standard InChI is InChI=1S/C28H26O3P2/c1-22(20-21-32(23-12-4-2-5-13-23)24-14-6-3-7-15-24)29-33-30-27-18-10-8-16-25(27)26-17-9-11-19-28(26)31-33/h2-19,22H,20-21H2,1H3/t22-/m0/s1. The van der Waals surface area contributed by atoms with Gasteiger partial charge in [-0.2, -0.15) is 0 Å². The molecule has 0 bridgehead atoms. The highest BCUT2D eigenvalue weighted by Crippen LogP contribution is 2.37. The Morgan fingerprint density at radius 3 is 1.64 bits per heavy atom. The molecule has 0 aliphatic heterocycles. The van der Waals surface area contributed by atoms with E-state index in [0.29, 0.717) is 0 Å². The van der Waals surface area contributed by atoms with E-state index in [0.717, 1.165) is 34.5 Å². The van der Waals surface area contributed by atoms with Crippen molar-refractivity contribution in [1.82, 2.24) is 0 Å². The number of hydrogen-bond acceptors (Lipinski definition) is 3. The lowest BCUT2D eigenvalue weighted by atomic mass is 10.1. The summed E-state index contributed by atoms with van der Waals surface area (Å²) in [5, 5.41) is 4.85. The van der Waals surface area contributed by atoms with Crippen molar-refractivity contribution in [3.05, 3.63) is 109 Å². The molecule has 1 aromatic heterocycles. The first kappa shape index (κ1) is 22.0. The molecule has 0 unspecified atom stereocenters. The van der Waals surface area contributed by atoms with E-state index in [1.165, 1.54) is 10.6 Å². The van der Waals surface area contributed by atoms with Gasteiger partial charge in [0.25, 0.3) is 0 Å². The number of hydrogen-bond donors (Lipinski definition) is 0. The highest BCUT2D eigenvalue weighted by atomic mass is 31.1. The lowest BCUT2D eigenvalue weighted by Gasteiger charge is -2.20. The Balaban J connectivity index is 1.40. The van der Waals surface area contributed by atoms with Gasteiger partial charge in [-0.15, -0.1) is 0 Å². The highest BCUT2D eigenvalue weighted by Gasteiger charge is 2.17. The Morgan fingerprint density at radius 1 is 0.667 bits per heavy atom. The third-order valence-corrected chi connectivity index (χ3v) is 9.34. The van der Waals surface area contributed by atoms with Crippen LogP contribution in [-0.4, -0.2) is 12.3 Å². The van der Waals surface area contributed by atoms with Crippen molar-refractivity contribution < 1.29 is 12.9 Å². The Hall–Kier alpha value is -2.83. The fourth-order valence-corrected chi connectivity index (χ4v) is 7.56. The maximum atomic E-state index is 6.34. The molecule has 0 fully saturated rings. The maximum absolute atomic E-state index is 6.34. The largest absolute Gasteiger partial charge is 0.399 e. The minimum Gasteiger partial charge on any atom is -0.399 e. The maximum Gasteiger partial charge on any atom is 0.387 e. The molecular weight excluding hydrogens is 446 g/mol. The van der Waals surface area contributed by atoms with Gasteiger partial charge in [0.15, 0.2) is 0 Å². The van der Waals surface area contributed by atoms with Gasteiger partial charge in [0.2, 0.25) is 0 Å². The molecular formula is C28H26O3P2. The summed E-state index contributed by atoms with van der Waals surface area (Å²) in [5.74, 6) is 0. The minimum absolute atomic E-state index is 0.00552. The van der Waals surface area contributed by atoms with Crippen LogP contribution >= 0.6 is 16.2 Å². The van der Waals surface area contributed by atoms with E-state index < -0.39 is 16.2 Å². The molecule has 5 heteroatoms. The topological polar surface area (TPSA) is 35.5 Å². The summed E-state index contributed by atoms with van der Waals surface area (Å²) in [6.45, 7) is 2.11. The van der Waals surface area contributed by atoms with E-state index in [-0.39, 0.29) is 6.10 Å². The molecule has 0 aliphatic rings. The molecule has 166 valence electrons. The van der Waals surface area contributed by atoms with Crippen molar-refractivity contribution >= 4 is 48.7 Å². The second-order valence-corrected chi connectivity index (χ2v) is 11.3. The van der Waals surface area contributed by atoms with Crippen molar-refractivity contribution in [2.75, 3.05) is 6.16 Å². The van der Waals surface area contributed by atoms with Crippen LogP contribution in [0.4, 0.5) is 0 Å². The van der Waals surface area contributed by atoms with Gasteiger partial charge >= 0.3 is 8.24 Å². The summed E-state index contributed by atoms with van der Waals surface area (Å²) < 4.78 is 18.8. The van der Waals surface area contributed by atoms with Crippen molar-refractivity contribution in [2.45, 2.75) is 19.4 Å². The predicted octanol–water partition coefficient (Wildman–Crippen LogP) is 7.63. The smallest absolute Gasteiger partial charge is 0.387 e. The predicted molar refractivity (Wildman–Crippen MR) is 141 cm³/mol. The van der Waals surface area contributed by atoms with Crippen LogP contribution < -0.4 is 15.1 Å². The van der Waals surface area contributed by atoms with Gasteiger partial charge in [-0.3, -0.25) is 4.52 Å². The zero-order valence-corrected chi connectivity index (χ0v) is 20.3. The number of rotatable bonds is 7. The first-order valence-corrected chi connectivity index (χ1v) is 13.8. The third kappa shape index (κ3) is 5.23. The second kappa shape index (κ2) is 10.4. The molecule has 0 radical (unpaired) electrons. The highest BCUT2D eigenvalue weighted by molar-refractivity contribution is 7.73. The third-order valence-electron chi connectivity index (χ3n) is 5.57. The van der Waals surface area contributed by atoms with E-state index in [1.807, 2.05) is 36.4 Å². The number of para-hydroxylation sites is 2. The lowest BCUT2D eigenvalue weighted by Crippen LogP contribution is -2.18. The normalized spacial score (nSPS) is 12.3. The zero-order chi connectivity index (χ0) is 22.5. The van der Waals surface area contributed by atoms with Crippen molar-refractivity contribution in [2.24, 2.45) is 0 Å². The van der Waals surface area contributed by atoms with Gasteiger partial charge in [-0.05, 0) is 50.2 Å². The van der Waals surface area contributed by atoms with E-state index in [4.69, 9.17) is 12.9 Å². The zero-order valence-electron chi connectivity index (χ0n) is 18.5. The van der Waals surface area contributed by atoms with E-state index in [9.17, 15) is 0 Å². The minimum atomic E-state index is -1.54. The van der Waals surface area contributed by atoms with E-state index in [1.54, 1.807) is 0 Å². The van der Waals surface area contributed by atoms with Crippen LogP contribution in [0, 0.1) is 0 Å². The molecule has 3 nitrogen and oxygen atoms in total. The van der Waals surface area contributed by atoms with Crippen LogP contribution in [0.15, 0.2) is 118 Å². The first-order chi connectivity index (χ1) is 16.3. The molecule has 1 heterocycles. The van der Waals surface area contributed by atoms with E-state index >= 15 is 0 Å². The monoisotopic (exact) mass is 472 g/mol. The van der Waals surface area contributed by atoms with Gasteiger partial charge in [-0.25, -0.2) is 0 Å². The van der Waals surface area contributed by atoms with Crippen LogP contribution in [-0.2, 0) is 0 Å². The molecule has 5 aromatic rings. The van der Waals surface area contributed by atoms with Gasteiger partial charge < -0.3 is 8.39 Å². The fourth-order valence-electron chi connectivity index (χ4n) is 3.89. The summed E-state index contributed by atoms with van der Waals surface area (Å²) in [6, 6.07) is 37.7. The molecule has 0 amide bonds. The van der Waals surface area contributed by atoms with Gasteiger partial charge in [0, 0.05) is 10.8 Å². The summed E-state index contributed by atoms with van der Waals surface area (Å²) in [6.07, 6.45) is 1.97. The molecule has 4 aromatic carbocycles. The SMILES string of the molecule is C[C@@H](CCP(c1ccccc1)c1ccccc1)Op1oc2ccccc2c2ccccc2o1. The first-order valence-electron chi connectivity index (χ1n) is 11.2. The fraction of sp³-hybridized carbons (Fsp3) is 0.143. The second-order valence-electron chi connectivity index (χ2n) is 7.93.